The van der Waals surface area contributed by atoms with E-state index in [9.17, 15) is 9.18 Å². The minimum Gasteiger partial charge on any atom is -0.334 e. The van der Waals surface area contributed by atoms with E-state index < -0.39 is 5.82 Å². The molecule has 0 spiro atoms. The topological polar surface area (TPSA) is 32.3 Å². The zero-order chi connectivity index (χ0) is 13.4. The normalized spacial score (nSPS) is 26.3. The summed E-state index contributed by atoms with van der Waals surface area (Å²) in [6, 6.07) is 4.98. The van der Waals surface area contributed by atoms with Crippen LogP contribution < -0.4 is 5.32 Å². The van der Waals surface area contributed by atoms with Crippen LogP contribution in [-0.4, -0.2) is 36.5 Å². The van der Waals surface area contributed by atoms with Gasteiger partial charge in [0.25, 0.3) is 5.91 Å². The zero-order valence-corrected chi connectivity index (χ0v) is 11.2. The summed E-state index contributed by atoms with van der Waals surface area (Å²) in [5, 5.41) is 3.34. The molecule has 3 rings (SSSR count). The minimum absolute atomic E-state index is 0.153. The number of carbonyl (C=O) groups is 1. The highest BCUT2D eigenvalue weighted by Gasteiger charge is 2.38. The third-order valence-corrected chi connectivity index (χ3v) is 4.29. The fourth-order valence-electron chi connectivity index (χ4n) is 3.28. The molecule has 1 amide bonds. The molecule has 3 nitrogen and oxygen atoms in total. The lowest BCUT2D eigenvalue weighted by Crippen LogP contribution is -2.48. The highest BCUT2D eigenvalue weighted by Crippen LogP contribution is 2.28. The first-order chi connectivity index (χ1) is 9.16. The maximum atomic E-state index is 13.9. The molecule has 0 aromatic heterocycles. The van der Waals surface area contributed by atoms with Crippen molar-refractivity contribution in [1.29, 1.82) is 0 Å². The van der Waals surface area contributed by atoms with Gasteiger partial charge in [-0.2, -0.15) is 0 Å². The molecule has 2 unspecified atom stereocenters. The molecule has 0 aliphatic carbocycles. The third-order valence-electron chi connectivity index (χ3n) is 4.29. The first-order valence-corrected chi connectivity index (χ1v) is 6.94. The highest BCUT2D eigenvalue weighted by molar-refractivity contribution is 5.95. The van der Waals surface area contributed by atoms with Crippen molar-refractivity contribution in [2.45, 2.75) is 25.8 Å². The Morgan fingerprint density at radius 3 is 3.11 bits per heavy atom. The Bertz CT molecular complexity index is 503. The molecule has 1 aromatic carbocycles. The van der Waals surface area contributed by atoms with Crippen molar-refractivity contribution >= 4 is 5.91 Å². The minimum atomic E-state index is -0.413. The van der Waals surface area contributed by atoms with Gasteiger partial charge in [0.15, 0.2) is 0 Å². The van der Waals surface area contributed by atoms with Gasteiger partial charge in [-0.05, 0) is 37.8 Å². The Morgan fingerprint density at radius 2 is 2.26 bits per heavy atom. The smallest absolute Gasteiger partial charge is 0.257 e. The van der Waals surface area contributed by atoms with Gasteiger partial charge in [0, 0.05) is 25.7 Å². The van der Waals surface area contributed by atoms with E-state index in [1.807, 2.05) is 11.8 Å². The van der Waals surface area contributed by atoms with Crippen LogP contribution in [-0.2, 0) is 0 Å². The lowest BCUT2D eigenvalue weighted by atomic mass is 9.91. The number of rotatable bonds is 1. The third kappa shape index (κ3) is 2.25. The summed E-state index contributed by atoms with van der Waals surface area (Å²) in [6.07, 6.45) is 2.18. The van der Waals surface area contributed by atoms with Gasteiger partial charge in [0.05, 0.1) is 5.56 Å². The number of hydrogen-bond donors (Lipinski definition) is 1. The Hall–Kier alpha value is -1.42. The van der Waals surface area contributed by atoms with Crippen LogP contribution in [0.25, 0.3) is 0 Å². The average molecular weight is 262 g/mol. The lowest BCUT2D eigenvalue weighted by molar-refractivity contribution is 0.0570. The van der Waals surface area contributed by atoms with Crippen LogP contribution >= 0.6 is 0 Å². The molecule has 2 saturated heterocycles. The number of amides is 1. The second-order valence-electron chi connectivity index (χ2n) is 5.61. The number of fused-ring (bicyclic) bond motifs is 1. The van der Waals surface area contributed by atoms with Crippen molar-refractivity contribution in [3.8, 4) is 0 Å². The number of nitrogens with zero attached hydrogens (tertiary/aromatic N) is 1. The van der Waals surface area contributed by atoms with Crippen molar-refractivity contribution in [2.75, 3.05) is 19.6 Å². The van der Waals surface area contributed by atoms with E-state index in [2.05, 4.69) is 5.32 Å². The Labute approximate surface area is 112 Å². The quantitative estimate of drug-likeness (QED) is 0.839. The van der Waals surface area contributed by atoms with E-state index in [-0.39, 0.29) is 17.5 Å². The molecule has 19 heavy (non-hydrogen) atoms. The van der Waals surface area contributed by atoms with E-state index in [0.29, 0.717) is 5.92 Å². The molecule has 2 aliphatic rings. The summed E-state index contributed by atoms with van der Waals surface area (Å²) in [7, 11) is 0. The van der Waals surface area contributed by atoms with Crippen LogP contribution in [0, 0.1) is 18.7 Å². The summed E-state index contributed by atoms with van der Waals surface area (Å²) in [6.45, 7) is 4.44. The molecular weight excluding hydrogens is 243 g/mol. The molecule has 2 fully saturated rings. The van der Waals surface area contributed by atoms with Gasteiger partial charge in [-0.15, -0.1) is 0 Å². The van der Waals surface area contributed by atoms with Gasteiger partial charge in [0.1, 0.15) is 5.82 Å². The molecule has 2 heterocycles. The largest absolute Gasteiger partial charge is 0.334 e. The van der Waals surface area contributed by atoms with Crippen LogP contribution in [0.1, 0.15) is 28.8 Å². The van der Waals surface area contributed by atoms with Crippen LogP contribution in [0.4, 0.5) is 4.39 Å². The molecule has 0 bridgehead atoms. The van der Waals surface area contributed by atoms with Gasteiger partial charge in [-0.1, -0.05) is 11.6 Å². The summed E-state index contributed by atoms with van der Waals surface area (Å²) in [5.74, 6) is -0.0335. The number of halogens is 1. The molecular formula is C15H19FN2O. The van der Waals surface area contributed by atoms with Crippen LogP contribution in [0.5, 0.6) is 0 Å². The Kier molecular flexibility index (Phi) is 3.27. The Morgan fingerprint density at radius 1 is 1.42 bits per heavy atom. The fraction of sp³-hybridized carbons (Fsp3) is 0.533. The maximum absolute atomic E-state index is 13.9. The maximum Gasteiger partial charge on any atom is 0.257 e. The van der Waals surface area contributed by atoms with E-state index in [4.69, 9.17) is 0 Å². The second kappa shape index (κ2) is 4.93. The average Bonchev–Trinajstić information content (AvgIpc) is 2.89. The fourth-order valence-corrected chi connectivity index (χ4v) is 3.28. The number of piperidine rings is 1. The number of aryl methyl sites for hydroxylation is 1. The van der Waals surface area contributed by atoms with Gasteiger partial charge in [-0.3, -0.25) is 4.79 Å². The first kappa shape index (κ1) is 12.6. The first-order valence-electron chi connectivity index (χ1n) is 6.94. The highest BCUT2D eigenvalue weighted by atomic mass is 19.1. The van der Waals surface area contributed by atoms with E-state index >= 15 is 0 Å². The number of benzene rings is 1. The van der Waals surface area contributed by atoms with Crippen molar-refractivity contribution in [2.24, 2.45) is 5.92 Å². The molecule has 102 valence electrons. The summed E-state index contributed by atoms with van der Waals surface area (Å²) in [5.41, 5.74) is 1.13. The van der Waals surface area contributed by atoms with E-state index in [0.717, 1.165) is 38.0 Å². The monoisotopic (exact) mass is 262 g/mol. The summed E-state index contributed by atoms with van der Waals surface area (Å²) < 4.78 is 13.9. The molecule has 1 N–H and O–H groups in total. The van der Waals surface area contributed by atoms with Crippen LogP contribution in [0.2, 0.25) is 0 Å². The van der Waals surface area contributed by atoms with Gasteiger partial charge < -0.3 is 10.2 Å². The van der Waals surface area contributed by atoms with Crippen LogP contribution in [0.3, 0.4) is 0 Å². The zero-order valence-electron chi connectivity index (χ0n) is 11.2. The Balaban J connectivity index is 1.88. The molecule has 4 heteroatoms. The molecule has 1 aromatic rings. The number of nitrogens with one attached hydrogen (secondary N) is 1. The molecule has 0 radical (unpaired) electrons. The molecule has 2 aliphatic heterocycles. The number of hydrogen-bond acceptors (Lipinski definition) is 2. The summed E-state index contributed by atoms with van der Waals surface area (Å²) >= 11 is 0. The van der Waals surface area contributed by atoms with E-state index in [1.54, 1.807) is 12.1 Å². The van der Waals surface area contributed by atoms with Crippen molar-refractivity contribution < 1.29 is 9.18 Å². The lowest BCUT2D eigenvalue weighted by Gasteiger charge is -2.37. The standard InChI is InChI=1S/C15H19FN2O/c1-10-4-5-13(16)12(7-10)15(19)18-6-2-3-11-8-17-9-14(11)18/h4-5,7,11,14,17H,2-3,6,8-9H2,1H3. The molecule has 0 saturated carbocycles. The van der Waals surface area contributed by atoms with E-state index in [1.165, 1.54) is 6.07 Å². The predicted octanol–water partition coefficient (Wildman–Crippen LogP) is 1.96. The second-order valence-corrected chi connectivity index (χ2v) is 5.61. The van der Waals surface area contributed by atoms with Crippen molar-refractivity contribution in [3.63, 3.8) is 0 Å². The summed E-state index contributed by atoms with van der Waals surface area (Å²) in [4.78, 5) is 14.4. The van der Waals surface area contributed by atoms with Crippen molar-refractivity contribution in [1.82, 2.24) is 10.2 Å². The van der Waals surface area contributed by atoms with Gasteiger partial charge in [0.2, 0.25) is 0 Å². The number of likely N-dealkylation sites (tertiary alicyclic amines) is 1. The molecule has 2 atom stereocenters. The van der Waals surface area contributed by atoms with Crippen LogP contribution in [0.15, 0.2) is 18.2 Å². The van der Waals surface area contributed by atoms with Gasteiger partial charge in [-0.25, -0.2) is 4.39 Å². The number of carbonyl (C=O) groups excluding carboxylic acids is 1. The van der Waals surface area contributed by atoms with Crippen molar-refractivity contribution in [3.05, 3.63) is 35.1 Å². The van der Waals surface area contributed by atoms with Gasteiger partial charge >= 0.3 is 0 Å². The predicted molar refractivity (Wildman–Crippen MR) is 71.6 cm³/mol. The SMILES string of the molecule is Cc1ccc(F)c(C(=O)N2CCCC3CNCC32)c1.